The molecule has 0 saturated carbocycles. The molecule has 130 valence electrons. The van der Waals surface area contributed by atoms with Crippen molar-refractivity contribution >= 4 is 5.91 Å². The standard InChI is InChI=1S/C19H15N3O4/c20-10-14-9-16(23)18(24)15(11-21)17(14)12-1-3-13(4-2-12)19(25)22-5-7-26-8-6-22/h1-4,9,23-24H,5-8H2. The highest BCUT2D eigenvalue weighted by Gasteiger charge is 2.21. The van der Waals surface area contributed by atoms with E-state index in [4.69, 9.17) is 4.74 Å². The smallest absolute Gasteiger partial charge is 0.254 e. The number of nitriles is 2. The maximum absolute atomic E-state index is 12.5. The van der Waals surface area contributed by atoms with Crippen LogP contribution in [0.2, 0.25) is 0 Å². The Morgan fingerprint density at radius 2 is 1.73 bits per heavy atom. The molecule has 26 heavy (non-hydrogen) atoms. The minimum atomic E-state index is -0.574. The Morgan fingerprint density at radius 1 is 1.08 bits per heavy atom. The van der Waals surface area contributed by atoms with Gasteiger partial charge in [-0.1, -0.05) is 12.1 Å². The molecule has 0 aromatic heterocycles. The van der Waals surface area contributed by atoms with Crippen molar-refractivity contribution in [1.29, 1.82) is 10.5 Å². The summed E-state index contributed by atoms with van der Waals surface area (Å²) in [5.41, 5.74) is 1.07. The maximum atomic E-state index is 12.5. The molecule has 1 heterocycles. The van der Waals surface area contributed by atoms with Crippen LogP contribution in [0.15, 0.2) is 30.3 Å². The number of rotatable bonds is 2. The average molecular weight is 349 g/mol. The van der Waals surface area contributed by atoms with Crippen molar-refractivity contribution in [3.63, 3.8) is 0 Å². The molecule has 1 amide bonds. The number of carbonyl (C=O) groups excluding carboxylic acids is 1. The first-order valence-electron chi connectivity index (χ1n) is 7.93. The highest BCUT2D eigenvalue weighted by molar-refractivity contribution is 5.95. The molecule has 1 aliphatic rings. The molecule has 0 aliphatic carbocycles. The number of benzene rings is 2. The molecular weight excluding hydrogens is 334 g/mol. The lowest BCUT2D eigenvalue weighted by Gasteiger charge is -2.26. The fourth-order valence-electron chi connectivity index (χ4n) is 2.88. The molecule has 7 heteroatoms. The van der Waals surface area contributed by atoms with Crippen molar-refractivity contribution in [2.45, 2.75) is 0 Å². The van der Waals surface area contributed by atoms with Crippen molar-refractivity contribution in [2.75, 3.05) is 26.3 Å². The van der Waals surface area contributed by atoms with Crippen LogP contribution < -0.4 is 0 Å². The number of ether oxygens (including phenoxy) is 1. The largest absolute Gasteiger partial charge is 0.504 e. The van der Waals surface area contributed by atoms with Crippen LogP contribution in [0.5, 0.6) is 11.5 Å². The summed E-state index contributed by atoms with van der Waals surface area (Å²) in [6.45, 7) is 2.08. The second kappa shape index (κ2) is 7.14. The average Bonchev–Trinajstić information content (AvgIpc) is 2.69. The van der Waals surface area contributed by atoms with Gasteiger partial charge in [0.15, 0.2) is 11.5 Å². The summed E-state index contributed by atoms with van der Waals surface area (Å²) in [6.07, 6.45) is 0. The first-order chi connectivity index (χ1) is 12.6. The number of phenolic OH excluding ortho intramolecular Hbond substituents is 2. The van der Waals surface area contributed by atoms with E-state index in [9.17, 15) is 25.5 Å². The Labute approximate surface area is 149 Å². The van der Waals surface area contributed by atoms with Crippen LogP contribution in [0.1, 0.15) is 21.5 Å². The Bertz CT molecular complexity index is 933. The van der Waals surface area contributed by atoms with Crippen LogP contribution in [0.4, 0.5) is 0 Å². The van der Waals surface area contributed by atoms with E-state index < -0.39 is 11.5 Å². The zero-order valence-electron chi connectivity index (χ0n) is 13.8. The zero-order chi connectivity index (χ0) is 18.7. The van der Waals surface area contributed by atoms with Crippen LogP contribution in [-0.2, 0) is 4.74 Å². The van der Waals surface area contributed by atoms with E-state index in [0.29, 0.717) is 37.4 Å². The fourth-order valence-corrected chi connectivity index (χ4v) is 2.88. The van der Waals surface area contributed by atoms with E-state index in [0.717, 1.165) is 6.07 Å². The fraction of sp³-hybridized carbons (Fsp3) is 0.211. The van der Waals surface area contributed by atoms with Gasteiger partial charge in [-0.25, -0.2) is 0 Å². The van der Waals surface area contributed by atoms with Crippen LogP contribution >= 0.6 is 0 Å². The summed E-state index contributed by atoms with van der Waals surface area (Å²) in [5.74, 6) is -1.22. The van der Waals surface area contributed by atoms with Gasteiger partial charge in [0.25, 0.3) is 5.91 Å². The van der Waals surface area contributed by atoms with Crippen molar-refractivity contribution < 1.29 is 19.7 Å². The predicted octanol–water partition coefficient (Wildman–Crippen LogP) is 1.98. The normalized spacial score (nSPS) is 13.7. The lowest BCUT2D eigenvalue weighted by molar-refractivity contribution is 0.0303. The summed E-state index contributed by atoms with van der Waals surface area (Å²) in [4.78, 5) is 14.2. The molecule has 0 bridgehead atoms. The maximum Gasteiger partial charge on any atom is 0.254 e. The molecule has 2 N–H and O–H groups in total. The molecule has 0 radical (unpaired) electrons. The monoisotopic (exact) mass is 349 g/mol. The molecule has 0 spiro atoms. The second-order valence-corrected chi connectivity index (χ2v) is 5.75. The number of carbonyl (C=O) groups is 1. The van der Waals surface area contributed by atoms with Gasteiger partial charge >= 0.3 is 0 Å². The summed E-state index contributed by atoms with van der Waals surface area (Å²) in [7, 11) is 0. The van der Waals surface area contributed by atoms with E-state index in [-0.39, 0.29) is 22.6 Å². The molecular formula is C19H15N3O4. The van der Waals surface area contributed by atoms with Crippen LogP contribution in [0, 0.1) is 22.7 Å². The topological polar surface area (TPSA) is 118 Å². The molecule has 3 rings (SSSR count). The number of morpholine rings is 1. The van der Waals surface area contributed by atoms with Gasteiger partial charge in [-0.2, -0.15) is 10.5 Å². The van der Waals surface area contributed by atoms with Gasteiger partial charge in [0.2, 0.25) is 0 Å². The van der Waals surface area contributed by atoms with Crippen molar-refractivity contribution in [3.8, 4) is 34.8 Å². The van der Waals surface area contributed by atoms with Crippen LogP contribution in [-0.4, -0.2) is 47.3 Å². The zero-order valence-corrected chi connectivity index (χ0v) is 13.8. The Balaban J connectivity index is 1.99. The van der Waals surface area contributed by atoms with E-state index in [1.54, 1.807) is 29.2 Å². The van der Waals surface area contributed by atoms with Gasteiger partial charge in [-0.05, 0) is 17.7 Å². The Hall–Kier alpha value is -3.55. The molecule has 1 fully saturated rings. The van der Waals surface area contributed by atoms with Gasteiger partial charge < -0.3 is 19.8 Å². The molecule has 1 saturated heterocycles. The third-order valence-electron chi connectivity index (χ3n) is 4.23. The Kier molecular flexibility index (Phi) is 4.74. The molecule has 0 unspecified atom stereocenters. The number of hydrogen-bond acceptors (Lipinski definition) is 6. The van der Waals surface area contributed by atoms with Gasteiger partial charge in [-0.3, -0.25) is 4.79 Å². The lowest BCUT2D eigenvalue weighted by Crippen LogP contribution is -2.40. The SMILES string of the molecule is N#Cc1cc(O)c(O)c(C#N)c1-c1ccc(C(=O)N2CCOCC2)cc1. The summed E-state index contributed by atoms with van der Waals surface area (Å²) in [6, 6.07) is 11.3. The van der Waals surface area contributed by atoms with E-state index >= 15 is 0 Å². The van der Waals surface area contributed by atoms with Crippen molar-refractivity contribution in [3.05, 3.63) is 47.0 Å². The summed E-state index contributed by atoms with van der Waals surface area (Å²) in [5, 5.41) is 38.2. The van der Waals surface area contributed by atoms with Crippen LogP contribution in [0.25, 0.3) is 11.1 Å². The number of aromatic hydroxyl groups is 2. The minimum Gasteiger partial charge on any atom is -0.504 e. The van der Waals surface area contributed by atoms with Gasteiger partial charge in [0, 0.05) is 30.3 Å². The van der Waals surface area contributed by atoms with Crippen molar-refractivity contribution in [2.24, 2.45) is 0 Å². The summed E-state index contributed by atoms with van der Waals surface area (Å²) < 4.78 is 5.24. The highest BCUT2D eigenvalue weighted by atomic mass is 16.5. The third kappa shape index (κ3) is 3.04. The molecule has 2 aromatic rings. The number of amides is 1. The number of phenols is 2. The highest BCUT2D eigenvalue weighted by Crippen LogP contribution is 2.39. The first kappa shape index (κ1) is 17.3. The molecule has 7 nitrogen and oxygen atoms in total. The van der Waals surface area contributed by atoms with E-state index in [1.807, 2.05) is 12.1 Å². The van der Waals surface area contributed by atoms with Gasteiger partial charge in [-0.15, -0.1) is 0 Å². The van der Waals surface area contributed by atoms with Crippen molar-refractivity contribution in [1.82, 2.24) is 4.90 Å². The van der Waals surface area contributed by atoms with Crippen LogP contribution in [0.3, 0.4) is 0 Å². The number of nitrogens with zero attached hydrogens (tertiary/aromatic N) is 3. The number of hydrogen-bond donors (Lipinski definition) is 2. The Morgan fingerprint density at radius 3 is 2.31 bits per heavy atom. The minimum absolute atomic E-state index is 0.0594. The molecule has 1 aliphatic heterocycles. The second-order valence-electron chi connectivity index (χ2n) is 5.75. The summed E-state index contributed by atoms with van der Waals surface area (Å²) >= 11 is 0. The lowest BCUT2D eigenvalue weighted by atomic mass is 9.93. The van der Waals surface area contributed by atoms with E-state index in [2.05, 4.69) is 0 Å². The molecule has 2 aromatic carbocycles. The molecule has 0 atom stereocenters. The first-order valence-corrected chi connectivity index (χ1v) is 7.93. The quantitative estimate of drug-likeness (QED) is 0.801. The van der Waals surface area contributed by atoms with Gasteiger partial charge in [0.05, 0.1) is 24.8 Å². The van der Waals surface area contributed by atoms with Gasteiger partial charge in [0.1, 0.15) is 11.6 Å². The van der Waals surface area contributed by atoms with E-state index in [1.165, 1.54) is 0 Å². The third-order valence-corrected chi connectivity index (χ3v) is 4.23. The predicted molar refractivity (Wildman–Crippen MR) is 91.4 cm³/mol.